The molecule has 2 aromatic rings. The van der Waals surface area contributed by atoms with E-state index >= 15 is 0 Å². The number of nitrogens with zero attached hydrogens (tertiary/aromatic N) is 1. The Morgan fingerprint density at radius 2 is 1.93 bits per heavy atom. The van der Waals surface area contributed by atoms with Crippen molar-refractivity contribution in [2.24, 2.45) is 0 Å². The first kappa shape index (κ1) is 20.9. The maximum absolute atomic E-state index is 12.0. The van der Waals surface area contributed by atoms with Crippen molar-refractivity contribution in [1.82, 2.24) is 0 Å². The average molecular weight is 386 g/mol. The highest BCUT2D eigenvalue weighted by Gasteiger charge is 2.13. The van der Waals surface area contributed by atoms with E-state index in [0.717, 1.165) is 11.3 Å². The van der Waals surface area contributed by atoms with Gasteiger partial charge in [0.2, 0.25) is 0 Å². The topological polar surface area (TPSA) is 108 Å². The number of nitrogens with one attached hydrogen (secondary N) is 1. The van der Waals surface area contributed by atoms with Gasteiger partial charge in [0.15, 0.2) is 6.61 Å². The highest BCUT2D eigenvalue weighted by atomic mass is 16.6. The third-order valence-electron chi connectivity index (χ3n) is 3.93. The lowest BCUT2D eigenvalue weighted by atomic mass is 10.1. The number of benzene rings is 2. The maximum atomic E-state index is 12.0. The Kier molecular flexibility index (Phi) is 7.50. The van der Waals surface area contributed by atoms with Crippen LogP contribution in [-0.2, 0) is 20.7 Å². The summed E-state index contributed by atoms with van der Waals surface area (Å²) in [4.78, 5) is 34.1. The average Bonchev–Trinajstić information content (AvgIpc) is 2.67. The zero-order chi connectivity index (χ0) is 20.5. The number of non-ortho nitro benzene ring substituents is 1. The number of aryl methyl sites for hydroxylation is 2. The van der Waals surface area contributed by atoms with E-state index in [0.29, 0.717) is 24.3 Å². The van der Waals surface area contributed by atoms with Gasteiger partial charge >= 0.3 is 5.97 Å². The van der Waals surface area contributed by atoms with Crippen LogP contribution in [-0.4, -0.2) is 30.0 Å². The van der Waals surface area contributed by atoms with Crippen molar-refractivity contribution < 1.29 is 24.0 Å². The minimum absolute atomic E-state index is 0.0609. The van der Waals surface area contributed by atoms with Crippen molar-refractivity contribution in [2.45, 2.75) is 26.7 Å². The number of nitro groups is 1. The molecule has 2 rings (SSSR count). The Bertz CT molecular complexity index is 866. The molecule has 0 atom stereocenters. The van der Waals surface area contributed by atoms with E-state index < -0.39 is 23.4 Å². The van der Waals surface area contributed by atoms with Gasteiger partial charge in [-0.2, -0.15) is 0 Å². The Labute approximate surface area is 162 Å². The zero-order valence-corrected chi connectivity index (χ0v) is 15.8. The molecule has 1 amide bonds. The second-order valence-electron chi connectivity index (χ2n) is 6.01. The van der Waals surface area contributed by atoms with Crippen LogP contribution in [0.3, 0.4) is 0 Å². The molecule has 0 aromatic heterocycles. The van der Waals surface area contributed by atoms with Gasteiger partial charge in [-0.1, -0.05) is 18.2 Å². The van der Waals surface area contributed by atoms with Crippen molar-refractivity contribution in [2.75, 3.05) is 18.5 Å². The molecule has 0 aliphatic heterocycles. The third kappa shape index (κ3) is 6.08. The van der Waals surface area contributed by atoms with Crippen LogP contribution in [0.15, 0.2) is 42.5 Å². The van der Waals surface area contributed by atoms with Crippen LogP contribution in [0.1, 0.15) is 24.5 Å². The molecule has 0 unspecified atom stereocenters. The smallest absolute Gasteiger partial charge is 0.306 e. The number of hydrogen-bond donors (Lipinski definition) is 1. The lowest BCUT2D eigenvalue weighted by Gasteiger charge is -2.10. The van der Waals surface area contributed by atoms with E-state index in [1.165, 1.54) is 18.2 Å². The second-order valence-corrected chi connectivity index (χ2v) is 6.01. The molecule has 2 aromatic carbocycles. The van der Waals surface area contributed by atoms with E-state index in [-0.39, 0.29) is 12.1 Å². The van der Waals surface area contributed by atoms with Gasteiger partial charge in [0.1, 0.15) is 5.75 Å². The van der Waals surface area contributed by atoms with Crippen LogP contribution in [0.2, 0.25) is 0 Å². The van der Waals surface area contributed by atoms with Gasteiger partial charge in [0.05, 0.1) is 11.5 Å². The third-order valence-corrected chi connectivity index (χ3v) is 3.93. The van der Waals surface area contributed by atoms with Crippen molar-refractivity contribution >= 4 is 23.3 Å². The molecule has 0 aliphatic carbocycles. The Hall–Kier alpha value is -3.42. The second kappa shape index (κ2) is 10.1. The number of ether oxygens (including phenoxy) is 2. The lowest BCUT2D eigenvalue weighted by molar-refractivity contribution is -0.384. The van der Waals surface area contributed by atoms with E-state index in [9.17, 15) is 19.7 Å². The van der Waals surface area contributed by atoms with Gasteiger partial charge in [0.25, 0.3) is 11.6 Å². The zero-order valence-electron chi connectivity index (χ0n) is 15.8. The molecule has 1 N–H and O–H groups in total. The number of carbonyl (C=O) groups excluding carboxylic acids is 2. The summed E-state index contributed by atoms with van der Waals surface area (Å²) in [7, 11) is 0. The summed E-state index contributed by atoms with van der Waals surface area (Å²) in [5, 5.41) is 13.3. The first-order valence-corrected chi connectivity index (χ1v) is 8.82. The summed E-state index contributed by atoms with van der Waals surface area (Å²) in [5.41, 5.74) is 1.81. The number of amides is 1. The Balaban J connectivity index is 1.81. The fraction of sp³-hybridized carbons (Fsp3) is 0.300. The molecule has 0 radical (unpaired) electrons. The predicted octanol–water partition coefficient (Wildman–Crippen LogP) is 3.42. The van der Waals surface area contributed by atoms with Crippen LogP contribution in [0.5, 0.6) is 5.75 Å². The molecule has 8 heteroatoms. The maximum Gasteiger partial charge on any atom is 0.306 e. The Morgan fingerprint density at radius 3 is 2.61 bits per heavy atom. The van der Waals surface area contributed by atoms with Gasteiger partial charge in [-0.05, 0) is 43.5 Å². The fourth-order valence-corrected chi connectivity index (χ4v) is 2.55. The summed E-state index contributed by atoms with van der Waals surface area (Å²) in [6, 6.07) is 11.5. The lowest BCUT2D eigenvalue weighted by Crippen LogP contribution is -2.21. The summed E-state index contributed by atoms with van der Waals surface area (Å²) < 4.78 is 10.5. The quantitative estimate of drug-likeness (QED) is 0.402. The molecule has 0 saturated carbocycles. The largest absolute Gasteiger partial charge is 0.494 e. The predicted molar refractivity (Wildman–Crippen MR) is 103 cm³/mol. The van der Waals surface area contributed by atoms with Crippen molar-refractivity contribution in [3.05, 3.63) is 63.7 Å². The number of nitro benzene ring substituents is 1. The molecule has 0 spiro atoms. The van der Waals surface area contributed by atoms with Gasteiger partial charge in [-0.25, -0.2) is 0 Å². The number of carbonyl (C=O) groups is 2. The minimum Gasteiger partial charge on any atom is -0.494 e. The summed E-state index contributed by atoms with van der Waals surface area (Å²) in [6.07, 6.45) is 0.562. The van der Waals surface area contributed by atoms with Crippen LogP contribution >= 0.6 is 0 Å². The highest BCUT2D eigenvalue weighted by molar-refractivity contribution is 5.93. The van der Waals surface area contributed by atoms with E-state index in [1.807, 2.05) is 31.2 Å². The summed E-state index contributed by atoms with van der Waals surface area (Å²) >= 11 is 0. The van der Waals surface area contributed by atoms with Crippen LogP contribution in [0, 0.1) is 17.0 Å². The molecule has 0 aliphatic rings. The monoisotopic (exact) mass is 386 g/mol. The number of para-hydroxylation sites is 1. The normalized spacial score (nSPS) is 10.2. The van der Waals surface area contributed by atoms with Crippen LogP contribution in [0.25, 0.3) is 0 Å². The molecule has 0 heterocycles. The molecular weight excluding hydrogens is 364 g/mol. The first-order chi connectivity index (χ1) is 13.4. The molecule has 0 bridgehead atoms. The molecule has 28 heavy (non-hydrogen) atoms. The number of rotatable bonds is 9. The number of hydrogen-bond acceptors (Lipinski definition) is 6. The Morgan fingerprint density at radius 1 is 1.18 bits per heavy atom. The first-order valence-electron chi connectivity index (χ1n) is 8.82. The van der Waals surface area contributed by atoms with Crippen LogP contribution < -0.4 is 10.1 Å². The van der Waals surface area contributed by atoms with Crippen molar-refractivity contribution in [3.8, 4) is 5.75 Å². The molecular formula is C20H22N2O6. The number of esters is 1. The van der Waals surface area contributed by atoms with Gasteiger partial charge < -0.3 is 14.8 Å². The molecule has 8 nitrogen and oxygen atoms in total. The fourth-order valence-electron chi connectivity index (χ4n) is 2.55. The van der Waals surface area contributed by atoms with Gasteiger partial charge in [-0.3, -0.25) is 19.7 Å². The number of anilines is 1. The van der Waals surface area contributed by atoms with Crippen molar-refractivity contribution in [3.63, 3.8) is 0 Å². The van der Waals surface area contributed by atoms with Crippen LogP contribution in [0.4, 0.5) is 11.4 Å². The van der Waals surface area contributed by atoms with Gasteiger partial charge in [-0.15, -0.1) is 0 Å². The minimum atomic E-state index is -0.514. The van der Waals surface area contributed by atoms with E-state index in [1.54, 1.807) is 6.92 Å². The highest BCUT2D eigenvalue weighted by Crippen LogP contribution is 2.21. The van der Waals surface area contributed by atoms with Crippen molar-refractivity contribution in [1.29, 1.82) is 0 Å². The summed E-state index contributed by atoms with van der Waals surface area (Å²) in [6.45, 7) is 3.63. The van der Waals surface area contributed by atoms with E-state index in [2.05, 4.69) is 5.32 Å². The van der Waals surface area contributed by atoms with E-state index in [4.69, 9.17) is 9.47 Å². The SMILES string of the molecule is CCOc1ccccc1CCC(=O)OCC(=O)Nc1ccc([N+](=O)[O-])cc1C. The molecule has 148 valence electrons. The molecule has 0 saturated heterocycles. The molecule has 0 fully saturated rings. The summed E-state index contributed by atoms with van der Waals surface area (Å²) in [5.74, 6) is -0.286. The standard InChI is InChI=1S/C20H22N2O6/c1-3-27-18-7-5-4-6-15(18)8-11-20(24)28-13-19(23)21-17-10-9-16(22(25)26)12-14(17)2/h4-7,9-10,12H,3,8,11,13H2,1-2H3,(H,21,23). The van der Waals surface area contributed by atoms with Gasteiger partial charge in [0, 0.05) is 24.2 Å².